The van der Waals surface area contributed by atoms with Gasteiger partial charge in [0.2, 0.25) is 0 Å². The first-order valence-electron chi connectivity index (χ1n) is 9.06. The lowest BCUT2D eigenvalue weighted by Crippen LogP contribution is -2.34. The molecule has 0 aliphatic rings. The Morgan fingerprint density at radius 1 is 1.11 bits per heavy atom. The van der Waals surface area contributed by atoms with Gasteiger partial charge in [-0.15, -0.1) is 0 Å². The minimum atomic E-state index is -0.311. The monoisotopic (exact) mass is 386 g/mol. The number of carbonyl (C=O) groups is 1. The second-order valence-electron chi connectivity index (χ2n) is 6.40. The van der Waals surface area contributed by atoms with Gasteiger partial charge in [-0.2, -0.15) is 0 Å². The second kappa shape index (κ2) is 10.5. The maximum Gasteiger partial charge on any atom is 0.261 e. The molecule has 0 saturated carbocycles. The largest absolute Gasteiger partial charge is 0.494 e. The van der Waals surface area contributed by atoms with Crippen LogP contribution in [0.2, 0.25) is 0 Å². The van der Waals surface area contributed by atoms with Gasteiger partial charge in [0.1, 0.15) is 11.5 Å². The normalized spacial score (nSPS) is 10.4. The minimum Gasteiger partial charge on any atom is -0.494 e. The van der Waals surface area contributed by atoms with E-state index in [0.717, 1.165) is 17.9 Å². The Balaban J connectivity index is 1.98. The van der Waals surface area contributed by atoms with E-state index in [1.165, 1.54) is 0 Å². The van der Waals surface area contributed by atoms with E-state index in [4.69, 9.17) is 21.7 Å². The van der Waals surface area contributed by atoms with E-state index in [-0.39, 0.29) is 11.0 Å². The first-order chi connectivity index (χ1) is 13.0. The maximum atomic E-state index is 12.6. The first kappa shape index (κ1) is 20.7. The molecule has 0 aliphatic heterocycles. The average Bonchev–Trinajstić information content (AvgIpc) is 2.62. The van der Waals surface area contributed by atoms with E-state index in [1.807, 2.05) is 37.3 Å². The molecule has 0 heterocycles. The van der Waals surface area contributed by atoms with Crippen LogP contribution in [0.5, 0.6) is 11.5 Å². The van der Waals surface area contributed by atoms with Crippen LogP contribution in [0.15, 0.2) is 48.5 Å². The molecular formula is C21H26N2O3S. The van der Waals surface area contributed by atoms with Gasteiger partial charge in [0, 0.05) is 11.8 Å². The summed E-state index contributed by atoms with van der Waals surface area (Å²) >= 11 is 5.26. The summed E-state index contributed by atoms with van der Waals surface area (Å²) in [6, 6.07) is 14.5. The van der Waals surface area contributed by atoms with Crippen molar-refractivity contribution < 1.29 is 14.3 Å². The highest BCUT2D eigenvalue weighted by Gasteiger charge is 2.14. The van der Waals surface area contributed by atoms with Crippen molar-refractivity contribution in [2.75, 3.05) is 18.5 Å². The van der Waals surface area contributed by atoms with Crippen molar-refractivity contribution in [3.05, 3.63) is 54.1 Å². The highest BCUT2D eigenvalue weighted by molar-refractivity contribution is 7.80. The molecule has 0 fully saturated rings. The van der Waals surface area contributed by atoms with Gasteiger partial charge in [-0.3, -0.25) is 10.1 Å². The zero-order chi connectivity index (χ0) is 19.6. The fourth-order valence-electron chi connectivity index (χ4n) is 2.35. The van der Waals surface area contributed by atoms with E-state index >= 15 is 0 Å². The lowest BCUT2D eigenvalue weighted by molar-refractivity contribution is 0.0973. The number of benzene rings is 2. The van der Waals surface area contributed by atoms with Crippen LogP contribution in [0.25, 0.3) is 0 Å². The van der Waals surface area contributed by atoms with Crippen molar-refractivity contribution >= 4 is 28.9 Å². The van der Waals surface area contributed by atoms with Crippen LogP contribution >= 0.6 is 12.2 Å². The zero-order valence-corrected chi connectivity index (χ0v) is 16.8. The molecule has 0 atom stereocenters. The minimum absolute atomic E-state index is 0.214. The van der Waals surface area contributed by atoms with Crippen molar-refractivity contribution in [3.63, 3.8) is 0 Å². The Morgan fingerprint density at radius 2 is 1.89 bits per heavy atom. The molecule has 27 heavy (non-hydrogen) atoms. The lowest BCUT2D eigenvalue weighted by atomic mass is 10.1. The van der Waals surface area contributed by atoms with Gasteiger partial charge in [-0.05, 0) is 55.7 Å². The number of amides is 1. The molecule has 2 aromatic rings. The molecule has 1 amide bonds. The summed E-state index contributed by atoms with van der Waals surface area (Å²) in [5.41, 5.74) is 1.20. The van der Waals surface area contributed by atoms with Gasteiger partial charge < -0.3 is 14.8 Å². The van der Waals surface area contributed by atoms with E-state index in [9.17, 15) is 4.79 Å². The molecule has 144 valence electrons. The van der Waals surface area contributed by atoms with Gasteiger partial charge >= 0.3 is 0 Å². The maximum absolute atomic E-state index is 12.6. The smallest absolute Gasteiger partial charge is 0.261 e. The molecule has 2 rings (SSSR count). The summed E-state index contributed by atoms with van der Waals surface area (Å²) in [5.74, 6) is 1.51. The van der Waals surface area contributed by atoms with Gasteiger partial charge in [0.15, 0.2) is 5.11 Å². The third kappa shape index (κ3) is 6.90. The Labute approximate surface area is 166 Å². The van der Waals surface area contributed by atoms with Crippen LogP contribution in [-0.2, 0) is 0 Å². The molecular weight excluding hydrogens is 360 g/mol. The fraction of sp³-hybridized carbons (Fsp3) is 0.333. The van der Waals surface area contributed by atoms with Crippen molar-refractivity contribution in [1.82, 2.24) is 5.32 Å². The number of rotatable bonds is 8. The van der Waals surface area contributed by atoms with Crippen molar-refractivity contribution in [3.8, 4) is 11.5 Å². The second-order valence-corrected chi connectivity index (χ2v) is 6.80. The van der Waals surface area contributed by atoms with E-state index in [2.05, 4.69) is 24.5 Å². The lowest BCUT2D eigenvalue weighted by Gasteiger charge is -2.14. The van der Waals surface area contributed by atoms with Crippen LogP contribution in [-0.4, -0.2) is 24.2 Å². The topological polar surface area (TPSA) is 59.6 Å². The van der Waals surface area contributed by atoms with Crippen molar-refractivity contribution in [2.45, 2.75) is 27.2 Å². The van der Waals surface area contributed by atoms with Gasteiger partial charge in [0.25, 0.3) is 5.91 Å². The van der Waals surface area contributed by atoms with Crippen LogP contribution < -0.4 is 20.1 Å². The van der Waals surface area contributed by atoms with E-state index in [1.54, 1.807) is 18.2 Å². The molecule has 6 heteroatoms. The number of nitrogens with one attached hydrogen (secondary N) is 2. The van der Waals surface area contributed by atoms with Gasteiger partial charge in [0.05, 0.1) is 18.8 Å². The molecule has 5 nitrogen and oxygen atoms in total. The Kier molecular flexibility index (Phi) is 8.07. The van der Waals surface area contributed by atoms with E-state index < -0.39 is 0 Å². The van der Waals surface area contributed by atoms with Crippen LogP contribution in [0.1, 0.15) is 37.6 Å². The summed E-state index contributed by atoms with van der Waals surface area (Å²) < 4.78 is 11.2. The Bertz CT molecular complexity index is 778. The van der Waals surface area contributed by atoms with Crippen molar-refractivity contribution in [2.24, 2.45) is 5.92 Å². The van der Waals surface area contributed by atoms with E-state index in [0.29, 0.717) is 30.4 Å². The summed E-state index contributed by atoms with van der Waals surface area (Å²) in [7, 11) is 0. The quantitative estimate of drug-likeness (QED) is 0.648. The third-order valence-corrected chi connectivity index (χ3v) is 3.92. The molecule has 0 spiro atoms. The molecule has 0 aromatic heterocycles. The molecule has 0 radical (unpaired) electrons. The summed E-state index contributed by atoms with van der Waals surface area (Å²) in [5, 5.41) is 5.91. The summed E-state index contributed by atoms with van der Waals surface area (Å²) in [6.45, 7) is 7.33. The molecule has 0 saturated heterocycles. The van der Waals surface area contributed by atoms with Crippen LogP contribution in [0, 0.1) is 5.92 Å². The van der Waals surface area contributed by atoms with Crippen LogP contribution in [0.3, 0.4) is 0 Å². The number of hydrogen-bond acceptors (Lipinski definition) is 4. The molecule has 0 aliphatic carbocycles. The first-order valence-corrected chi connectivity index (χ1v) is 9.47. The summed E-state index contributed by atoms with van der Waals surface area (Å²) in [4.78, 5) is 12.6. The Hall–Kier alpha value is -2.60. The third-order valence-electron chi connectivity index (χ3n) is 3.71. The van der Waals surface area contributed by atoms with Gasteiger partial charge in [-0.1, -0.05) is 32.0 Å². The zero-order valence-electron chi connectivity index (χ0n) is 16.0. The number of carbonyl (C=O) groups excluding carboxylic acids is 1. The van der Waals surface area contributed by atoms with Crippen molar-refractivity contribution in [1.29, 1.82) is 0 Å². The number of thiocarbonyl (C=S) groups is 1. The average molecular weight is 387 g/mol. The number of anilines is 1. The molecule has 0 bridgehead atoms. The fourth-order valence-corrected chi connectivity index (χ4v) is 2.56. The summed E-state index contributed by atoms with van der Waals surface area (Å²) in [6.07, 6.45) is 0.923. The predicted molar refractivity (Wildman–Crippen MR) is 113 cm³/mol. The van der Waals surface area contributed by atoms with Gasteiger partial charge in [-0.25, -0.2) is 0 Å². The SMILES string of the molecule is CCOc1cccc(NC(=S)NC(=O)c2ccccc2OCCC(C)C)c1. The predicted octanol–water partition coefficient (Wildman–Crippen LogP) is 4.64. The molecule has 2 aromatic carbocycles. The highest BCUT2D eigenvalue weighted by atomic mass is 32.1. The number of para-hydroxylation sites is 1. The Morgan fingerprint density at radius 3 is 2.63 bits per heavy atom. The highest BCUT2D eigenvalue weighted by Crippen LogP contribution is 2.19. The molecule has 0 unspecified atom stereocenters. The number of ether oxygens (including phenoxy) is 2. The standard InChI is InChI=1S/C21H26N2O3S/c1-4-25-17-9-7-8-16(14-17)22-21(27)23-20(24)18-10-5-6-11-19(18)26-13-12-15(2)3/h5-11,14-15H,4,12-13H2,1-3H3,(H2,22,23,24,27). The van der Waals surface area contributed by atoms with Crippen LogP contribution in [0.4, 0.5) is 5.69 Å². The molecule has 2 N–H and O–H groups in total. The number of hydrogen-bond donors (Lipinski definition) is 2.